The van der Waals surface area contributed by atoms with Crippen molar-refractivity contribution in [2.24, 2.45) is 0 Å². The highest BCUT2D eigenvalue weighted by Crippen LogP contribution is 2.28. The molecule has 4 nitrogen and oxygen atoms in total. The van der Waals surface area contributed by atoms with Crippen molar-refractivity contribution in [2.75, 3.05) is 18.0 Å². The molecular weight excluding hydrogens is 250 g/mol. The Morgan fingerprint density at radius 1 is 1.35 bits per heavy atom. The number of benzene rings is 1. The van der Waals surface area contributed by atoms with E-state index in [1.165, 1.54) is 0 Å². The molecule has 1 aromatic heterocycles. The summed E-state index contributed by atoms with van der Waals surface area (Å²) in [4.78, 5) is 18.9. The third kappa shape index (κ3) is 2.16. The molecule has 0 bridgehead atoms. The van der Waals surface area contributed by atoms with Gasteiger partial charge in [-0.05, 0) is 32.0 Å². The normalized spacial score (nSPS) is 19.0. The van der Waals surface area contributed by atoms with Crippen molar-refractivity contribution in [3.63, 3.8) is 0 Å². The van der Waals surface area contributed by atoms with Crippen LogP contribution in [0.3, 0.4) is 0 Å². The fraction of sp³-hybridized carbons (Fsp3) is 0.375. The van der Waals surface area contributed by atoms with Crippen LogP contribution in [0.4, 0.5) is 5.69 Å². The number of nitrogens with zero attached hydrogens (tertiary/aromatic N) is 2. The van der Waals surface area contributed by atoms with Gasteiger partial charge >= 0.3 is 0 Å². The van der Waals surface area contributed by atoms with Gasteiger partial charge in [0.25, 0.3) is 0 Å². The summed E-state index contributed by atoms with van der Waals surface area (Å²) in [5.41, 5.74) is 2.81. The Balaban J connectivity index is 2.02. The average molecular weight is 269 g/mol. The quantitative estimate of drug-likeness (QED) is 0.929. The summed E-state index contributed by atoms with van der Waals surface area (Å²) >= 11 is 0. The third-order valence-corrected chi connectivity index (χ3v) is 3.79. The molecular formula is C16H19N3O. The summed E-state index contributed by atoms with van der Waals surface area (Å²) in [7, 11) is 0. The number of rotatable bonds is 3. The van der Waals surface area contributed by atoms with Crippen molar-refractivity contribution in [2.45, 2.75) is 26.3 Å². The van der Waals surface area contributed by atoms with E-state index in [1.54, 1.807) is 0 Å². The standard InChI is InChI=1S/C16H19N3O/c1-3-17-13-9-10-19(16(13)20)14-6-4-5-12-8-7-11(2)18-15(12)14/h4-8,13,17H,3,9-10H2,1-2H3. The minimum absolute atomic E-state index is 0.0555. The van der Waals surface area contributed by atoms with Gasteiger partial charge < -0.3 is 10.2 Å². The molecule has 4 heteroatoms. The molecule has 1 N–H and O–H groups in total. The highest BCUT2D eigenvalue weighted by molar-refractivity contribution is 6.05. The number of nitrogens with one attached hydrogen (secondary N) is 1. The molecule has 0 saturated carbocycles. The van der Waals surface area contributed by atoms with Gasteiger partial charge in [0.2, 0.25) is 5.91 Å². The van der Waals surface area contributed by atoms with Gasteiger partial charge in [0.1, 0.15) is 0 Å². The van der Waals surface area contributed by atoms with Crippen LogP contribution >= 0.6 is 0 Å². The van der Waals surface area contributed by atoms with E-state index < -0.39 is 0 Å². The minimum atomic E-state index is -0.0555. The summed E-state index contributed by atoms with van der Waals surface area (Å²) in [6.45, 7) is 5.57. The maximum absolute atomic E-state index is 12.5. The van der Waals surface area contributed by atoms with E-state index in [4.69, 9.17) is 0 Å². The Labute approximate surface area is 118 Å². The summed E-state index contributed by atoms with van der Waals surface area (Å²) in [6, 6.07) is 10.0. The van der Waals surface area contributed by atoms with Crippen LogP contribution in [0.15, 0.2) is 30.3 Å². The topological polar surface area (TPSA) is 45.2 Å². The van der Waals surface area contributed by atoms with Crippen molar-refractivity contribution < 1.29 is 4.79 Å². The zero-order chi connectivity index (χ0) is 14.1. The van der Waals surface area contributed by atoms with Crippen molar-refractivity contribution in [3.8, 4) is 0 Å². The Morgan fingerprint density at radius 3 is 3.00 bits per heavy atom. The number of aryl methyl sites for hydroxylation is 1. The van der Waals surface area contributed by atoms with E-state index in [0.717, 1.165) is 41.8 Å². The van der Waals surface area contributed by atoms with E-state index in [9.17, 15) is 4.79 Å². The smallest absolute Gasteiger partial charge is 0.244 e. The van der Waals surface area contributed by atoms with E-state index in [-0.39, 0.29) is 11.9 Å². The molecule has 2 heterocycles. The van der Waals surface area contributed by atoms with E-state index in [1.807, 2.05) is 43.0 Å². The van der Waals surface area contributed by atoms with Gasteiger partial charge in [0.15, 0.2) is 0 Å². The number of hydrogen-bond acceptors (Lipinski definition) is 3. The molecule has 1 aliphatic rings. The van der Waals surface area contributed by atoms with Crippen molar-refractivity contribution in [1.29, 1.82) is 0 Å². The lowest BCUT2D eigenvalue weighted by atomic mass is 10.1. The zero-order valence-corrected chi connectivity index (χ0v) is 11.9. The highest BCUT2D eigenvalue weighted by atomic mass is 16.2. The average Bonchev–Trinajstić information content (AvgIpc) is 2.80. The number of carbonyl (C=O) groups excluding carboxylic acids is 1. The number of para-hydroxylation sites is 1. The number of hydrogen-bond donors (Lipinski definition) is 1. The molecule has 0 spiro atoms. The molecule has 1 amide bonds. The lowest BCUT2D eigenvalue weighted by Gasteiger charge is -2.18. The Hall–Kier alpha value is -1.94. The van der Waals surface area contributed by atoms with Gasteiger partial charge in [-0.15, -0.1) is 0 Å². The first-order valence-corrected chi connectivity index (χ1v) is 7.12. The highest BCUT2D eigenvalue weighted by Gasteiger charge is 2.32. The van der Waals surface area contributed by atoms with E-state index in [2.05, 4.69) is 16.4 Å². The van der Waals surface area contributed by atoms with Gasteiger partial charge in [-0.25, -0.2) is 0 Å². The lowest BCUT2D eigenvalue weighted by Crippen LogP contribution is -2.38. The molecule has 1 aliphatic heterocycles. The predicted octanol–water partition coefficient (Wildman–Crippen LogP) is 2.26. The van der Waals surface area contributed by atoms with Crippen LogP contribution < -0.4 is 10.2 Å². The summed E-state index contributed by atoms with van der Waals surface area (Å²) in [6.07, 6.45) is 0.856. The largest absolute Gasteiger partial charge is 0.309 e. The van der Waals surface area contributed by atoms with Crippen LogP contribution in [0.5, 0.6) is 0 Å². The number of amides is 1. The second-order valence-corrected chi connectivity index (χ2v) is 5.19. The molecule has 1 atom stereocenters. The molecule has 0 radical (unpaired) electrons. The molecule has 2 aromatic rings. The first-order valence-electron chi connectivity index (χ1n) is 7.12. The maximum Gasteiger partial charge on any atom is 0.244 e. The Kier molecular flexibility index (Phi) is 3.40. The van der Waals surface area contributed by atoms with Gasteiger partial charge in [-0.1, -0.05) is 25.1 Å². The van der Waals surface area contributed by atoms with Crippen molar-refractivity contribution in [1.82, 2.24) is 10.3 Å². The summed E-state index contributed by atoms with van der Waals surface area (Å²) in [5.74, 6) is 0.155. The van der Waals surface area contributed by atoms with Crippen LogP contribution in [0.2, 0.25) is 0 Å². The molecule has 1 saturated heterocycles. The molecule has 1 fully saturated rings. The van der Waals surface area contributed by atoms with Crippen LogP contribution in [-0.4, -0.2) is 30.0 Å². The van der Waals surface area contributed by atoms with Gasteiger partial charge in [0, 0.05) is 17.6 Å². The first-order chi connectivity index (χ1) is 9.70. The third-order valence-electron chi connectivity index (χ3n) is 3.79. The summed E-state index contributed by atoms with van der Waals surface area (Å²) in [5, 5.41) is 4.32. The maximum atomic E-state index is 12.5. The van der Waals surface area contributed by atoms with Gasteiger partial charge in [0.05, 0.1) is 17.2 Å². The zero-order valence-electron chi connectivity index (χ0n) is 11.9. The SMILES string of the molecule is CCNC1CCN(c2cccc3ccc(C)nc23)C1=O. The van der Waals surface area contributed by atoms with Crippen molar-refractivity contribution in [3.05, 3.63) is 36.0 Å². The van der Waals surface area contributed by atoms with Crippen LogP contribution in [0.25, 0.3) is 10.9 Å². The minimum Gasteiger partial charge on any atom is -0.309 e. The monoisotopic (exact) mass is 269 g/mol. The fourth-order valence-corrected chi connectivity index (χ4v) is 2.80. The first kappa shape index (κ1) is 13.1. The van der Waals surface area contributed by atoms with Crippen LogP contribution in [0, 0.1) is 6.92 Å². The van der Waals surface area contributed by atoms with Crippen LogP contribution in [-0.2, 0) is 4.79 Å². The van der Waals surface area contributed by atoms with Crippen LogP contribution in [0.1, 0.15) is 19.0 Å². The number of fused-ring (bicyclic) bond motifs is 1. The fourth-order valence-electron chi connectivity index (χ4n) is 2.80. The molecule has 104 valence electrons. The Bertz CT molecular complexity index is 653. The molecule has 0 aliphatic carbocycles. The Morgan fingerprint density at radius 2 is 2.20 bits per heavy atom. The number of anilines is 1. The second-order valence-electron chi connectivity index (χ2n) is 5.19. The molecule has 1 aromatic carbocycles. The van der Waals surface area contributed by atoms with E-state index >= 15 is 0 Å². The van der Waals surface area contributed by atoms with Gasteiger partial charge in [-0.2, -0.15) is 0 Å². The number of aromatic nitrogens is 1. The van der Waals surface area contributed by atoms with Crippen molar-refractivity contribution >= 4 is 22.5 Å². The summed E-state index contributed by atoms with van der Waals surface area (Å²) < 4.78 is 0. The van der Waals surface area contributed by atoms with E-state index in [0.29, 0.717) is 0 Å². The van der Waals surface area contributed by atoms with Gasteiger partial charge in [-0.3, -0.25) is 9.78 Å². The molecule has 1 unspecified atom stereocenters. The second kappa shape index (κ2) is 5.21. The number of pyridine rings is 1. The molecule has 20 heavy (non-hydrogen) atoms. The number of carbonyl (C=O) groups is 1. The number of likely N-dealkylation sites (N-methyl/N-ethyl adjacent to an activating group) is 1. The molecule has 3 rings (SSSR count). The predicted molar refractivity (Wildman–Crippen MR) is 80.9 cm³/mol. The lowest BCUT2D eigenvalue weighted by molar-refractivity contribution is -0.118.